The SMILES string of the molecule is CCN(CCN)C(=O)OCC(C)C. The molecule has 0 rings (SSSR count). The van der Waals surface area contributed by atoms with Crippen LogP contribution in [0.1, 0.15) is 20.8 Å². The third-order valence-electron chi connectivity index (χ3n) is 1.58. The maximum atomic E-state index is 11.3. The highest BCUT2D eigenvalue weighted by molar-refractivity contribution is 5.67. The molecule has 0 saturated heterocycles. The molecule has 0 fully saturated rings. The Morgan fingerprint density at radius 2 is 2.15 bits per heavy atom. The molecule has 0 aliphatic rings. The normalized spacial score (nSPS) is 10.2. The Labute approximate surface area is 80.0 Å². The van der Waals surface area contributed by atoms with Gasteiger partial charge in [-0.3, -0.25) is 0 Å². The summed E-state index contributed by atoms with van der Waals surface area (Å²) in [6.07, 6.45) is -0.262. The molecular weight excluding hydrogens is 168 g/mol. The Hall–Kier alpha value is -0.770. The molecule has 0 bridgehead atoms. The predicted molar refractivity (Wildman–Crippen MR) is 52.5 cm³/mol. The van der Waals surface area contributed by atoms with Crippen molar-refractivity contribution in [2.45, 2.75) is 20.8 Å². The van der Waals surface area contributed by atoms with E-state index in [2.05, 4.69) is 0 Å². The average Bonchev–Trinajstić information content (AvgIpc) is 2.10. The van der Waals surface area contributed by atoms with Crippen LogP contribution in [0.3, 0.4) is 0 Å². The van der Waals surface area contributed by atoms with Crippen LogP contribution in [0.15, 0.2) is 0 Å². The van der Waals surface area contributed by atoms with Gasteiger partial charge in [-0.25, -0.2) is 4.79 Å². The lowest BCUT2D eigenvalue weighted by Gasteiger charge is -2.19. The lowest BCUT2D eigenvalue weighted by atomic mass is 10.2. The van der Waals surface area contributed by atoms with Gasteiger partial charge >= 0.3 is 6.09 Å². The molecule has 0 aromatic heterocycles. The summed E-state index contributed by atoms with van der Waals surface area (Å²) in [4.78, 5) is 12.9. The Bertz CT molecular complexity index is 149. The van der Waals surface area contributed by atoms with Crippen molar-refractivity contribution < 1.29 is 9.53 Å². The molecule has 0 spiro atoms. The fraction of sp³-hybridized carbons (Fsp3) is 0.889. The van der Waals surface area contributed by atoms with E-state index in [0.717, 1.165) is 0 Å². The quantitative estimate of drug-likeness (QED) is 0.702. The summed E-state index contributed by atoms with van der Waals surface area (Å²) < 4.78 is 5.04. The van der Waals surface area contributed by atoms with E-state index >= 15 is 0 Å². The van der Waals surface area contributed by atoms with Gasteiger partial charge in [-0.15, -0.1) is 0 Å². The van der Waals surface area contributed by atoms with Crippen molar-refractivity contribution in [3.63, 3.8) is 0 Å². The number of carbonyl (C=O) groups excluding carboxylic acids is 1. The van der Waals surface area contributed by atoms with Crippen LogP contribution >= 0.6 is 0 Å². The maximum Gasteiger partial charge on any atom is 0.409 e. The summed E-state index contributed by atoms with van der Waals surface area (Å²) in [6.45, 7) is 8.08. The molecule has 0 aromatic carbocycles. The third-order valence-corrected chi connectivity index (χ3v) is 1.58. The molecule has 78 valence electrons. The van der Waals surface area contributed by atoms with Crippen LogP contribution in [0, 0.1) is 5.92 Å². The second-order valence-electron chi connectivity index (χ2n) is 3.34. The summed E-state index contributed by atoms with van der Waals surface area (Å²) in [6, 6.07) is 0. The summed E-state index contributed by atoms with van der Waals surface area (Å²) in [5.41, 5.74) is 5.35. The van der Waals surface area contributed by atoms with E-state index in [4.69, 9.17) is 10.5 Å². The molecule has 0 saturated carbocycles. The molecule has 13 heavy (non-hydrogen) atoms. The second kappa shape index (κ2) is 6.71. The van der Waals surface area contributed by atoms with E-state index in [0.29, 0.717) is 32.2 Å². The molecule has 4 nitrogen and oxygen atoms in total. The minimum Gasteiger partial charge on any atom is -0.449 e. The number of nitrogens with zero attached hydrogens (tertiary/aromatic N) is 1. The Morgan fingerprint density at radius 1 is 1.54 bits per heavy atom. The standard InChI is InChI=1S/C9H20N2O2/c1-4-11(6-5-10)9(12)13-7-8(2)3/h8H,4-7,10H2,1-3H3. The van der Waals surface area contributed by atoms with Gasteiger partial charge in [0.25, 0.3) is 0 Å². The summed E-state index contributed by atoms with van der Waals surface area (Å²) in [5, 5.41) is 0. The van der Waals surface area contributed by atoms with E-state index < -0.39 is 0 Å². The van der Waals surface area contributed by atoms with Crippen molar-refractivity contribution in [3.05, 3.63) is 0 Å². The molecular formula is C9H20N2O2. The number of amides is 1. The third kappa shape index (κ3) is 5.47. The van der Waals surface area contributed by atoms with Gasteiger partial charge in [-0.05, 0) is 12.8 Å². The Balaban J connectivity index is 3.77. The van der Waals surface area contributed by atoms with Crippen LogP contribution < -0.4 is 5.73 Å². The van der Waals surface area contributed by atoms with Gasteiger partial charge in [-0.1, -0.05) is 13.8 Å². The van der Waals surface area contributed by atoms with Crippen LogP contribution in [0.25, 0.3) is 0 Å². The number of hydrogen-bond donors (Lipinski definition) is 1. The number of carbonyl (C=O) groups is 1. The first-order valence-electron chi connectivity index (χ1n) is 4.73. The number of rotatable bonds is 5. The van der Waals surface area contributed by atoms with E-state index in [1.807, 2.05) is 20.8 Å². The first-order chi connectivity index (χ1) is 6.11. The van der Waals surface area contributed by atoms with Crippen molar-refractivity contribution in [1.29, 1.82) is 0 Å². The fourth-order valence-corrected chi connectivity index (χ4v) is 0.864. The zero-order chi connectivity index (χ0) is 10.3. The van der Waals surface area contributed by atoms with Gasteiger partial charge in [0.2, 0.25) is 0 Å². The molecule has 1 amide bonds. The molecule has 4 heteroatoms. The van der Waals surface area contributed by atoms with Crippen molar-refractivity contribution in [2.24, 2.45) is 11.7 Å². The smallest absolute Gasteiger partial charge is 0.409 e. The van der Waals surface area contributed by atoms with Gasteiger partial charge in [0.15, 0.2) is 0 Å². The molecule has 0 unspecified atom stereocenters. The monoisotopic (exact) mass is 188 g/mol. The van der Waals surface area contributed by atoms with Crippen LogP contribution in [0.2, 0.25) is 0 Å². The summed E-state index contributed by atoms with van der Waals surface area (Å²) >= 11 is 0. The summed E-state index contributed by atoms with van der Waals surface area (Å²) in [7, 11) is 0. The van der Waals surface area contributed by atoms with Gasteiger partial charge in [-0.2, -0.15) is 0 Å². The van der Waals surface area contributed by atoms with Crippen LogP contribution in [0.5, 0.6) is 0 Å². The van der Waals surface area contributed by atoms with Crippen LogP contribution in [-0.2, 0) is 4.74 Å². The topological polar surface area (TPSA) is 55.6 Å². The maximum absolute atomic E-state index is 11.3. The minimum atomic E-state index is -0.262. The highest BCUT2D eigenvalue weighted by Crippen LogP contribution is 1.97. The predicted octanol–water partition coefficient (Wildman–Crippen LogP) is 1.06. The van der Waals surface area contributed by atoms with Crippen LogP contribution in [0.4, 0.5) is 4.79 Å². The van der Waals surface area contributed by atoms with E-state index in [-0.39, 0.29) is 6.09 Å². The lowest BCUT2D eigenvalue weighted by molar-refractivity contribution is 0.0947. The van der Waals surface area contributed by atoms with Crippen LogP contribution in [-0.4, -0.2) is 37.2 Å². The fourth-order valence-electron chi connectivity index (χ4n) is 0.864. The molecule has 0 aromatic rings. The zero-order valence-electron chi connectivity index (χ0n) is 8.75. The van der Waals surface area contributed by atoms with Gasteiger partial charge < -0.3 is 15.4 Å². The van der Waals surface area contributed by atoms with E-state index in [1.54, 1.807) is 4.90 Å². The van der Waals surface area contributed by atoms with Crippen molar-refractivity contribution in [2.75, 3.05) is 26.2 Å². The Morgan fingerprint density at radius 3 is 2.54 bits per heavy atom. The first-order valence-corrected chi connectivity index (χ1v) is 4.73. The highest BCUT2D eigenvalue weighted by Gasteiger charge is 2.11. The van der Waals surface area contributed by atoms with Crippen molar-refractivity contribution >= 4 is 6.09 Å². The average molecular weight is 188 g/mol. The number of likely N-dealkylation sites (N-methyl/N-ethyl adjacent to an activating group) is 1. The largest absolute Gasteiger partial charge is 0.449 e. The van der Waals surface area contributed by atoms with Crippen molar-refractivity contribution in [3.8, 4) is 0 Å². The summed E-state index contributed by atoms with van der Waals surface area (Å²) in [5.74, 6) is 0.375. The van der Waals surface area contributed by atoms with Crippen molar-refractivity contribution in [1.82, 2.24) is 4.90 Å². The number of nitrogens with two attached hydrogens (primary N) is 1. The molecule has 0 heterocycles. The Kier molecular flexibility index (Phi) is 6.32. The lowest BCUT2D eigenvalue weighted by Crippen LogP contribution is -2.36. The first kappa shape index (κ1) is 12.2. The molecule has 0 atom stereocenters. The number of ether oxygens (including phenoxy) is 1. The zero-order valence-corrected chi connectivity index (χ0v) is 8.75. The van der Waals surface area contributed by atoms with Gasteiger partial charge in [0, 0.05) is 19.6 Å². The minimum absolute atomic E-state index is 0.262. The second-order valence-corrected chi connectivity index (χ2v) is 3.34. The molecule has 0 aliphatic carbocycles. The van der Waals surface area contributed by atoms with Gasteiger partial charge in [0.1, 0.15) is 0 Å². The molecule has 2 N–H and O–H groups in total. The molecule has 0 radical (unpaired) electrons. The van der Waals surface area contributed by atoms with E-state index in [9.17, 15) is 4.79 Å². The number of hydrogen-bond acceptors (Lipinski definition) is 3. The highest BCUT2D eigenvalue weighted by atomic mass is 16.6. The van der Waals surface area contributed by atoms with Gasteiger partial charge in [0.05, 0.1) is 6.61 Å². The molecule has 0 aliphatic heterocycles. The van der Waals surface area contributed by atoms with E-state index in [1.165, 1.54) is 0 Å².